The number of carbonyl (C=O) groups excluding carboxylic acids is 4. The summed E-state index contributed by atoms with van der Waals surface area (Å²) in [6.07, 6.45) is -1.17. The first-order chi connectivity index (χ1) is 14.3. The molecule has 0 aromatic carbocycles. The van der Waals surface area contributed by atoms with Gasteiger partial charge in [-0.1, -0.05) is 27.7 Å². The van der Waals surface area contributed by atoms with Crippen LogP contribution in [0.2, 0.25) is 0 Å². The molecule has 2 fully saturated rings. The first-order valence-electron chi connectivity index (χ1n) is 10.7. The Morgan fingerprint density at radius 3 is 1.16 bits per heavy atom. The first kappa shape index (κ1) is 27.5. The van der Waals surface area contributed by atoms with Crippen molar-refractivity contribution in [1.29, 1.82) is 0 Å². The standard InChI is InChI=1S/2C11H19NO4/c2*1-7(2)11(6-15-8(11)13)12-9(14)16-10(3,4)5/h2*7H,6H2,1-5H3,(H,12,14)/t2*11-/m11/s1. The molecule has 184 valence electrons. The molecule has 2 saturated heterocycles. The van der Waals surface area contributed by atoms with Gasteiger partial charge in [0.25, 0.3) is 0 Å². The number of nitrogens with one attached hydrogen (secondary N) is 2. The number of amides is 2. The van der Waals surface area contributed by atoms with Gasteiger partial charge in [0.2, 0.25) is 0 Å². The summed E-state index contributed by atoms with van der Waals surface area (Å²) in [5.41, 5.74) is -2.98. The van der Waals surface area contributed by atoms with Gasteiger partial charge in [0.1, 0.15) is 24.4 Å². The van der Waals surface area contributed by atoms with Crippen molar-refractivity contribution >= 4 is 24.1 Å². The molecule has 0 aliphatic carbocycles. The molecule has 0 bridgehead atoms. The summed E-state index contributed by atoms with van der Waals surface area (Å²) in [6, 6.07) is 0. The zero-order valence-electron chi connectivity index (χ0n) is 20.8. The molecule has 0 unspecified atom stereocenters. The second-order valence-corrected chi connectivity index (χ2v) is 10.7. The summed E-state index contributed by atoms with van der Waals surface area (Å²) in [5, 5.41) is 5.20. The normalized spacial score (nSPS) is 24.8. The zero-order valence-corrected chi connectivity index (χ0v) is 20.8. The molecule has 2 N–H and O–H groups in total. The molecule has 0 saturated carbocycles. The molecule has 0 aromatic rings. The molecule has 2 rings (SSSR count). The fourth-order valence-corrected chi connectivity index (χ4v) is 2.81. The Bertz CT molecular complexity index is 673. The van der Waals surface area contributed by atoms with Gasteiger partial charge in [-0.15, -0.1) is 0 Å². The molecular formula is C22H38N2O8. The van der Waals surface area contributed by atoms with E-state index >= 15 is 0 Å². The van der Waals surface area contributed by atoms with E-state index in [1.165, 1.54) is 0 Å². The highest BCUT2D eigenvalue weighted by Crippen LogP contribution is 2.29. The van der Waals surface area contributed by atoms with Crippen molar-refractivity contribution in [3.05, 3.63) is 0 Å². The average molecular weight is 459 g/mol. The zero-order chi connectivity index (χ0) is 25.1. The second kappa shape index (κ2) is 9.54. The Labute approximate surface area is 190 Å². The fraction of sp³-hybridized carbons (Fsp3) is 0.818. The average Bonchev–Trinajstić information content (AvgIpc) is 2.58. The molecule has 10 nitrogen and oxygen atoms in total. The van der Waals surface area contributed by atoms with Crippen LogP contribution in [-0.4, -0.2) is 59.6 Å². The second-order valence-electron chi connectivity index (χ2n) is 10.7. The lowest BCUT2D eigenvalue weighted by atomic mass is 9.84. The van der Waals surface area contributed by atoms with Gasteiger partial charge < -0.3 is 29.6 Å². The van der Waals surface area contributed by atoms with Crippen LogP contribution in [0.4, 0.5) is 9.59 Å². The molecule has 10 heteroatoms. The number of carbonyl (C=O) groups is 4. The van der Waals surface area contributed by atoms with E-state index in [2.05, 4.69) is 10.6 Å². The van der Waals surface area contributed by atoms with Crippen molar-refractivity contribution in [2.24, 2.45) is 11.8 Å². The molecule has 0 spiro atoms. The summed E-state index contributed by atoms with van der Waals surface area (Å²) in [4.78, 5) is 46.0. The van der Waals surface area contributed by atoms with Crippen LogP contribution in [0.1, 0.15) is 69.2 Å². The van der Waals surface area contributed by atoms with Crippen LogP contribution in [-0.2, 0) is 28.5 Å². The van der Waals surface area contributed by atoms with Crippen LogP contribution in [0.25, 0.3) is 0 Å². The molecular weight excluding hydrogens is 420 g/mol. The largest absolute Gasteiger partial charge is 0.461 e. The molecule has 2 atom stereocenters. The summed E-state index contributed by atoms with van der Waals surface area (Å²) >= 11 is 0. The lowest BCUT2D eigenvalue weighted by molar-refractivity contribution is -0.180. The smallest absolute Gasteiger partial charge is 0.408 e. The van der Waals surface area contributed by atoms with Gasteiger partial charge in [0, 0.05) is 0 Å². The predicted molar refractivity (Wildman–Crippen MR) is 116 cm³/mol. The molecule has 0 radical (unpaired) electrons. The van der Waals surface area contributed by atoms with Crippen molar-refractivity contribution in [2.45, 2.75) is 91.5 Å². The number of alkyl carbamates (subject to hydrolysis) is 2. The summed E-state index contributed by atoms with van der Waals surface area (Å²) < 4.78 is 19.7. The number of hydrogen-bond donors (Lipinski definition) is 2. The van der Waals surface area contributed by atoms with Crippen LogP contribution < -0.4 is 10.6 Å². The van der Waals surface area contributed by atoms with Gasteiger partial charge in [-0.25, -0.2) is 19.2 Å². The van der Waals surface area contributed by atoms with E-state index in [1.54, 1.807) is 41.5 Å². The highest BCUT2D eigenvalue weighted by atomic mass is 16.6. The molecule has 2 aliphatic rings. The topological polar surface area (TPSA) is 129 Å². The Balaban J connectivity index is 0.000000320. The minimum absolute atomic E-state index is 0.0266. The maximum atomic E-state index is 11.6. The summed E-state index contributed by atoms with van der Waals surface area (Å²) in [7, 11) is 0. The highest BCUT2D eigenvalue weighted by molar-refractivity contribution is 5.91. The maximum absolute atomic E-state index is 11.6. The summed E-state index contributed by atoms with van der Waals surface area (Å²) in [6.45, 7) is 18.5. The molecule has 2 heterocycles. The van der Waals surface area contributed by atoms with Crippen molar-refractivity contribution in [1.82, 2.24) is 10.6 Å². The third-order valence-electron chi connectivity index (χ3n) is 5.01. The van der Waals surface area contributed by atoms with E-state index < -0.39 is 46.4 Å². The van der Waals surface area contributed by atoms with E-state index in [-0.39, 0.29) is 25.0 Å². The maximum Gasteiger partial charge on any atom is 0.408 e. The van der Waals surface area contributed by atoms with Crippen LogP contribution >= 0.6 is 0 Å². The van der Waals surface area contributed by atoms with Crippen LogP contribution in [0.15, 0.2) is 0 Å². The van der Waals surface area contributed by atoms with E-state index in [9.17, 15) is 19.2 Å². The van der Waals surface area contributed by atoms with Gasteiger partial charge in [-0.05, 0) is 53.4 Å². The Morgan fingerprint density at radius 2 is 1.03 bits per heavy atom. The Kier molecular flexibility index (Phi) is 8.20. The summed E-state index contributed by atoms with van der Waals surface area (Å²) in [5.74, 6) is -0.843. The van der Waals surface area contributed by atoms with Crippen molar-refractivity contribution in [2.75, 3.05) is 13.2 Å². The monoisotopic (exact) mass is 458 g/mol. The van der Waals surface area contributed by atoms with Crippen LogP contribution in [0, 0.1) is 11.8 Å². The van der Waals surface area contributed by atoms with Gasteiger partial charge in [0.15, 0.2) is 11.1 Å². The minimum Gasteiger partial charge on any atom is -0.461 e. The van der Waals surface area contributed by atoms with Gasteiger partial charge in [-0.3, -0.25) is 0 Å². The lowest BCUT2D eigenvalue weighted by Gasteiger charge is -2.42. The van der Waals surface area contributed by atoms with Crippen molar-refractivity contribution < 1.29 is 38.1 Å². The number of ether oxygens (including phenoxy) is 4. The highest BCUT2D eigenvalue weighted by Gasteiger charge is 2.54. The first-order valence-corrected chi connectivity index (χ1v) is 10.7. The molecule has 0 aromatic heterocycles. The van der Waals surface area contributed by atoms with Crippen molar-refractivity contribution in [3.8, 4) is 0 Å². The van der Waals surface area contributed by atoms with E-state index in [4.69, 9.17) is 18.9 Å². The van der Waals surface area contributed by atoms with E-state index in [1.807, 2.05) is 27.7 Å². The molecule has 2 aliphatic heterocycles. The van der Waals surface area contributed by atoms with E-state index in [0.29, 0.717) is 0 Å². The van der Waals surface area contributed by atoms with Crippen LogP contribution in [0.5, 0.6) is 0 Å². The lowest BCUT2D eigenvalue weighted by Crippen LogP contribution is -2.69. The number of cyclic esters (lactones) is 2. The van der Waals surface area contributed by atoms with Gasteiger partial charge >= 0.3 is 24.1 Å². The number of hydrogen-bond acceptors (Lipinski definition) is 8. The minimum atomic E-state index is -0.914. The van der Waals surface area contributed by atoms with Crippen molar-refractivity contribution in [3.63, 3.8) is 0 Å². The fourth-order valence-electron chi connectivity index (χ4n) is 2.81. The Hall–Kier alpha value is -2.52. The van der Waals surface area contributed by atoms with E-state index in [0.717, 1.165) is 0 Å². The number of rotatable bonds is 4. The Morgan fingerprint density at radius 1 is 0.750 bits per heavy atom. The quantitative estimate of drug-likeness (QED) is 0.486. The third kappa shape index (κ3) is 6.74. The third-order valence-corrected chi connectivity index (χ3v) is 5.01. The van der Waals surface area contributed by atoms with Gasteiger partial charge in [-0.2, -0.15) is 0 Å². The SMILES string of the molecule is CC(C)[C@]1(NC(=O)OC(C)(C)C)COC1=O.CC(C)[C@]1(NC(=O)OC(C)(C)C)COC1=O. The molecule has 2 amide bonds. The molecule has 32 heavy (non-hydrogen) atoms. The number of esters is 2. The van der Waals surface area contributed by atoms with Crippen LogP contribution in [0.3, 0.4) is 0 Å². The van der Waals surface area contributed by atoms with Gasteiger partial charge in [0.05, 0.1) is 0 Å². The predicted octanol–water partition coefficient (Wildman–Crippen LogP) is 2.93.